The van der Waals surface area contributed by atoms with Gasteiger partial charge in [0.2, 0.25) is 0 Å². The van der Waals surface area contributed by atoms with Crippen LogP contribution in [0, 0.1) is 0 Å². The van der Waals surface area contributed by atoms with Crippen LogP contribution in [0.2, 0.25) is 0 Å². The van der Waals surface area contributed by atoms with Gasteiger partial charge in [0.05, 0.1) is 11.3 Å². The second-order valence-corrected chi connectivity index (χ2v) is 6.89. The van der Waals surface area contributed by atoms with Crippen molar-refractivity contribution in [2.75, 3.05) is 12.8 Å². The average Bonchev–Trinajstić information content (AvgIpc) is 2.98. The summed E-state index contributed by atoms with van der Waals surface area (Å²) in [5.74, 6) is 2.60. The SMILES string of the molecule is COC(C)(C)Cc1nc(C2CCCC2)n(C(C)C)c1N. The number of nitrogens with zero attached hydrogens (tertiary/aromatic N) is 2. The number of aromatic nitrogens is 2. The predicted octanol–water partition coefficient (Wildman–Crippen LogP) is 3.67. The molecule has 0 bridgehead atoms. The van der Waals surface area contributed by atoms with Crippen molar-refractivity contribution in [3.05, 3.63) is 11.5 Å². The fraction of sp³-hybridized carbons (Fsp3) is 0.812. The molecule has 4 heteroatoms. The molecule has 114 valence electrons. The topological polar surface area (TPSA) is 53.1 Å². The van der Waals surface area contributed by atoms with Crippen molar-refractivity contribution in [2.45, 2.75) is 77.4 Å². The van der Waals surface area contributed by atoms with Gasteiger partial charge in [0.25, 0.3) is 0 Å². The molecule has 0 saturated heterocycles. The highest BCUT2D eigenvalue weighted by Crippen LogP contribution is 2.37. The molecular weight excluding hydrogens is 250 g/mol. The molecule has 1 saturated carbocycles. The zero-order chi connectivity index (χ0) is 14.9. The minimum Gasteiger partial charge on any atom is -0.384 e. The number of hydrogen-bond acceptors (Lipinski definition) is 3. The molecule has 1 heterocycles. The van der Waals surface area contributed by atoms with Gasteiger partial charge >= 0.3 is 0 Å². The summed E-state index contributed by atoms with van der Waals surface area (Å²) in [6.07, 6.45) is 5.88. The van der Waals surface area contributed by atoms with Crippen molar-refractivity contribution < 1.29 is 4.74 Å². The number of nitrogens with two attached hydrogens (primary N) is 1. The van der Waals surface area contributed by atoms with Gasteiger partial charge in [-0.05, 0) is 40.5 Å². The van der Waals surface area contributed by atoms with Crippen molar-refractivity contribution in [1.82, 2.24) is 9.55 Å². The maximum Gasteiger partial charge on any atom is 0.127 e. The van der Waals surface area contributed by atoms with Gasteiger partial charge in [-0.25, -0.2) is 4.98 Å². The van der Waals surface area contributed by atoms with Crippen molar-refractivity contribution in [2.24, 2.45) is 0 Å². The third kappa shape index (κ3) is 3.00. The van der Waals surface area contributed by atoms with Gasteiger partial charge in [-0.15, -0.1) is 0 Å². The first kappa shape index (κ1) is 15.4. The Kier molecular flexibility index (Phi) is 4.43. The summed E-state index contributed by atoms with van der Waals surface area (Å²) in [6.45, 7) is 8.52. The Labute approximate surface area is 122 Å². The number of anilines is 1. The molecule has 1 fully saturated rings. The highest BCUT2D eigenvalue weighted by molar-refractivity contribution is 5.40. The van der Waals surface area contributed by atoms with E-state index in [1.54, 1.807) is 7.11 Å². The standard InChI is InChI=1S/C16H29N3O/c1-11(2)19-14(17)13(10-16(3,4)20-5)18-15(19)12-8-6-7-9-12/h11-12H,6-10,17H2,1-5H3. The minimum absolute atomic E-state index is 0.225. The van der Waals surface area contributed by atoms with E-state index in [9.17, 15) is 0 Å². The molecule has 1 aromatic heterocycles. The largest absolute Gasteiger partial charge is 0.384 e. The number of imidazole rings is 1. The zero-order valence-corrected chi connectivity index (χ0v) is 13.6. The van der Waals surface area contributed by atoms with Gasteiger partial charge in [0, 0.05) is 25.5 Å². The zero-order valence-electron chi connectivity index (χ0n) is 13.6. The van der Waals surface area contributed by atoms with E-state index in [1.807, 2.05) is 0 Å². The molecule has 0 unspecified atom stereocenters. The van der Waals surface area contributed by atoms with Crippen LogP contribution >= 0.6 is 0 Å². The minimum atomic E-state index is -0.225. The number of methoxy groups -OCH3 is 1. The number of hydrogen-bond donors (Lipinski definition) is 1. The third-order valence-corrected chi connectivity index (χ3v) is 4.43. The smallest absolute Gasteiger partial charge is 0.127 e. The number of nitrogen functional groups attached to an aromatic ring is 1. The Bertz CT molecular complexity index is 457. The second-order valence-electron chi connectivity index (χ2n) is 6.89. The van der Waals surface area contributed by atoms with Gasteiger partial charge in [-0.1, -0.05) is 12.8 Å². The summed E-state index contributed by atoms with van der Waals surface area (Å²) in [4.78, 5) is 4.90. The lowest BCUT2D eigenvalue weighted by molar-refractivity contribution is 0.0226. The Balaban J connectivity index is 2.36. The third-order valence-electron chi connectivity index (χ3n) is 4.43. The normalized spacial score (nSPS) is 17.3. The summed E-state index contributed by atoms with van der Waals surface area (Å²) >= 11 is 0. The van der Waals surface area contributed by atoms with E-state index in [1.165, 1.54) is 31.5 Å². The van der Waals surface area contributed by atoms with Crippen LogP contribution in [0.5, 0.6) is 0 Å². The van der Waals surface area contributed by atoms with Crippen LogP contribution in [-0.4, -0.2) is 22.3 Å². The molecule has 0 aromatic carbocycles. The van der Waals surface area contributed by atoms with Gasteiger partial charge < -0.3 is 15.0 Å². The Morgan fingerprint density at radius 2 is 1.95 bits per heavy atom. The molecule has 0 radical (unpaired) electrons. The molecular formula is C16H29N3O. The van der Waals surface area contributed by atoms with Crippen molar-refractivity contribution >= 4 is 5.82 Å². The number of rotatable bonds is 5. The predicted molar refractivity (Wildman–Crippen MR) is 83.0 cm³/mol. The molecule has 0 spiro atoms. The van der Waals surface area contributed by atoms with Gasteiger partial charge in [-0.2, -0.15) is 0 Å². The summed E-state index contributed by atoms with van der Waals surface area (Å²) in [5, 5.41) is 0. The Morgan fingerprint density at radius 3 is 2.45 bits per heavy atom. The van der Waals surface area contributed by atoms with Crippen molar-refractivity contribution in [1.29, 1.82) is 0 Å². The highest BCUT2D eigenvalue weighted by atomic mass is 16.5. The Hall–Kier alpha value is -1.03. The van der Waals surface area contributed by atoms with Crippen LogP contribution < -0.4 is 5.73 Å². The Morgan fingerprint density at radius 1 is 1.35 bits per heavy atom. The first-order valence-electron chi connectivity index (χ1n) is 7.77. The van der Waals surface area contributed by atoms with E-state index in [2.05, 4.69) is 32.3 Å². The molecule has 4 nitrogen and oxygen atoms in total. The molecule has 20 heavy (non-hydrogen) atoms. The average molecular weight is 279 g/mol. The second kappa shape index (κ2) is 5.76. The summed E-state index contributed by atoms with van der Waals surface area (Å²) in [6, 6.07) is 0.359. The molecule has 0 aliphatic heterocycles. The van der Waals surface area contributed by atoms with E-state index in [0.717, 1.165) is 17.9 Å². The summed E-state index contributed by atoms with van der Waals surface area (Å²) in [5.41, 5.74) is 7.15. The van der Waals surface area contributed by atoms with Crippen LogP contribution in [0.1, 0.15) is 76.9 Å². The summed E-state index contributed by atoms with van der Waals surface area (Å²) < 4.78 is 7.76. The molecule has 0 amide bonds. The quantitative estimate of drug-likeness (QED) is 0.894. The lowest BCUT2D eigenvalue weighted by atomic mass is 10.0. The van der Waals surface area contributed by atoms with E-state index >= 15 is 0 Å². The molecule has 1 aliphatic carbocycles. The first-order chi connectivity index (χ1) is 9.35. The monoisotopic (exact) mass is 279 g/mol. The lowest BCUT2D eigenvalue weighted by Gasteiger charge is -2.22. The van der Waals surface area contributed by atoms with E-state index in [4.69, 9.17) is 15.5 Å². The van der Waals surface area contributed by atoms with Crippen LogP contribution in [0.4, 0.5) is 5.82 Å². The van der Waals surface area contributed by atoms with Crippen molar-refractivity contribution in [3.8, 4) is 0 Å². The van der Waals surface area contributed by atoms with Crippen molar-refractivity contribution in [3.63, 3.8) is 0 Å². The van der Waals surface area contributed by atoms with E-state index in [-0.39, 0.29) is 5.60 Å². The fourth-order valence-electron chi connectivity index (χ4n) is 3.13. The van der Waals surface area contributed by atoms with Crippen LogP contribution in [0.25, 0.3) is 0 Å². The van der Waals surface area contributed by atoms with E-state index < -0.39 is 0 Å². The molecule has 2 N–H and O–H groups in total. The van der Waals surface area contributed by atoms with Crippen LogP contribution in [-0.2, 0) is 11.2 Å². The van der Waals surface area contributed by atoms with Gasteiger partial charge in [0.15, 0.2) is 0 Å². The van der Waals surface area contributed by atoms with E-state index in [0.29, 0.717) is 12.0 Å². The highest BCUT2D eigenvalue weighted by Gasteiger charge is 2.28. The lowest BCUT2D eigenvalue weighted by Crippen LogP contribution is -2.26. The maximum atomic E-state index is 6.38. The maximum absolute atomic E-state index is 6.38. The molecule has 1 aliphatic rings. The van der Waals surface area contributed by atoms with Gasteiger partial charge in [-0.3, -0.25) is 0 Å². The first-order valence-corrected chi connectivity index (χ1v) is 7.77. The van der Waals surface area contributed by atoms with Gasteiger partial charge in [0.1, 0.15) is 11.6 Å². The van der Waals surface area contributed by atoms with Crippen LogP contribution in [0.3, 0.4) is 0 Å². The molecule has 2 rings (SSSR count). The fourth-order valence-corrected chi connectivity index (χ4v) is 3.13. The number of ether oxygens (including phenoxy) is 1. The van der Waals surface area contributed by atoms with Crippen LogP contribution in [0.15, 0.2) is 0 Å². The molecule has 0 atom stereocenters. The summed E-state index contributed by atoms with van der Waals surface area (Å²) in [7, 11) is 1.74. The molecule has 1 aromatic rings.